The minimum Gasteiger partial charge on any atom is -0.305 e. The molecule has 0 saturated carbocycles. The van der Waals surface area contributed by atoms with Gasteiger partial charge in [-0.3, -0.25) is 4.79 Å². The molecule has 6 nitrogen and oxygen atoms in total. The molecular formula is C24H26BrN5OS. The number of thioether (sulfide) groups is 1. The van der Waals surface area contributed by atoms with Gasteiger partial charge in [0.2, 0.25) is 0 Å². The number of nitrogens with zero attached hydrogens (tertiary/aromatic N) is 4. The van der Waals surface area contributed by atoms with E-state index in [9.17, 15) is 4.79 Å². The Bertz CT molecular complexity index is 1140. The maximum absolute atomic E-state index is 12.2. The summed E-state index contributed by atoms with van der Waals surface area (Å²) in [4.78, 5) is 12.2. The average Bonchev–Trinajstić information content (AvgIpc) is 3.13. The van der Waals surface area contributed by atoms with Crippen LogP contribution >= 0.6 is 27.7 Å². The van der Waals surface area contributed by atoms with Crippen LogP contribution in [0.4, 0.5) is 0 Å². The highest BCUT2D eigenvalue weighted by Gasteiger charge is 2.13. The molecule has 1 amide bonds. The second kappa shape index (κ2) is 11.2. The average molecular weight is 512 g/mol. The second-order valence-corrected chi connectivity index (χ2v) is 9.53. The lowest BCUT2D eigenvalue weighted by Gasteiger charge is -2.05. The Morgan fingerprint density at radius 1 is 1.22 bits per heavy atom. The van der Waals surface area contributed by atoms with Gasteiger partial charge in [0.05, 0.1) is 12.0 Å². The van der Waals surface area contributed by atoms with Gasteiger partial charge in [-0.25, -0.2) is 5.43 Å². The van der Waals surface area contributed by atoms with E-state index in [0.717, 1.165) is 27.0 Å². The Hall–Kier alpha value is -2.71. The summed E-state index contributed by atoms with van der Waals surface area (Å²) in [6.45, 7) is 6.30. The third-order valence-electron chi connectivity index (χ3n) is 4.70. The number of carbonyl (C=O) groups excluding carboxylic acids is 1. The van der Waals surface area contributed by atoms with Crippen molar-refractivity contribution in [3.8, 4) is 11.4 Å². The van der Waals surface area contributed by atoms with Gasteiger partial charge in [0.15, 0.2) is 11.0 Å². The zero-order valence-electron chi connectivity index (χ0n) is 18.5. The maximum Gasteiger partial charge on any atom is 0.250 e. The van der Waals surface area contributed by atoms with Crippen molar-refractivity contribution in [2.45, 2.75) is 31.8 Å². The smallest absolute Gasteiger partial charge is 0.250 e. The molecule has 0 radical (unpaired) electrons. The normalized spacial score (nSPS) is 12.0. The summed E-state index contributed by atoms with van der Waals surface area (Å²) in [5, 5.41) is 13.2. The van der Waals surface area contributed by atoms with E-state index in [0.29, 0.717) is 11.1 Å². The van der Waals surface area contributed by atoms with E-state index in [2.05, 4.69) is 74.8 Å². The van der Waals surface area contributed by atoms with Gasteiger partial charge in [0, 0.05) is 17.1 Å². The molecule has 32 heavy (non-hydrogen) atoms. The van der Waals surface area contributed by atoms with Gasteiger partial charge in [-0.1, -0.05) is 84.0 Å². The van der Waals surface area contributed by atoms with Crippen molar-refractivity contribution in [1.29, 1.82) is 0 Å². The molecule has 1 N–H and O–H groups in total. The molecule has 0 fully saturated rings. The molecule has 3 aromatic rings. The predicted molar refractivity (Wildman–Crippen MR) is 136 cm³/mol. The Balaban J connectivity index is 1.51. The molecule has 0 spiro atoms. The lowest BCUT2D eigenvalue weighted by atomic mass is 10.0. The fourth-order valence-corrected chi connectivity index (χ4v) is 4.07. The summed E-state index contributed by atoms with van der Waals surface area (Å²) >= 11 is 4.79. The van der Waals surface area contributed by atoms with Gasteiger partial charge >= 0.3 is 0 Å². The molecule has 0 saturated heterocycles. The standard InChI is InChI=1S/C24H26BrN5OS/c1-16(2)19-10-8-18(9-11-19)12-17(3)14-26-27-22(31)15-32-24-29-28-23(30(24)4)20-6-5-7-21(25)13-20/h5-14,16H,15H2,1-4H3,(H,27,31)/b17-12+,26-14+. The minimum atomic E-state index is -0.202. The first kappa shape index (κ1) is 23.9. The fourth-order valence-electron chi connectivity index (χ4n) is 2.97. The van der Waals surface area contributed by atoms with E-state index in [1.807, 2.05) is 48.9 Å². The molecule has 166 valence electrons. The Kier molecular flexibility index (Phi) is 8.41. The van der Waals surface area contributed by atoms with Crippen LogP contribution in [0.25, 0.3) is 17.5 Å². The van der Waals surface area contributed by atoms with Crippen molar-refractivity contribution in [3.63, 3.8) is 0 Å². The number of hydrazone groups is 1. The number of carbonyl (C=O) groups is 1. The Morgan fingerprint density at radius 3 is 2.66 bits per heavy atom. The zero-order chi connectivity index (χ0) is 23.1. The van der Waals surface area contributed by atoms with E-state index >= 15 is 0 Å². The molecule has 1 aromatic heterocycles. The Labute approximate surface area is 201 Å². The van der Waals surface area contributed by atoms with Crippen molar-refractivity contribution >= 4 is 45.9 Å². The molecule has 0 aliphatic heterocycles. The molecule has 0 bridgehead atoms. The summed E-state index contributed by atoms with van der Waals surface area (Å²) in [5.74, 6) is 1.25. The number of rotatable bonds is 8. The number of nitrogens with one attached hydrogen (secondary N) is 1. The van der Waals surface area contributed by atoms with Gasteiger partial charge in [-0.15, -0.1) is 10.2 Å². The van der Waals surface area contributed by atoms with Gasteiger partial charge in [-0.2, -0.15) is 5.10 Å². The van der Waals surface area contributed by atoms with Crippen LogP contribution in [0.3, 0.4) is 0 Å². The first-order chi connectivity index (χ1) is 15.3. The number of halogens is 1. The topological polar surface area (TPSA) is 72.2 Å². The number of amides is 1. The van der Waals surface area contributed by atoms with Crippen LogP contribution in [0, 0.1) is 0 Å². The summed E-state index contributed by atoms with van der Waals surface area (Å²) in [7, 11) is 1.89. The monoisotopic (exact) mass is 511 g/mol. The first-order valence-electron chi connectivity index (χ1n) is 10.2. The van der Waals surface area contributed by atoms with E-state index in [1.54, 1.807) is 6.21 Å². The van der Waals surface area contributed by atoms with Crippen LogP contribution in [-0.2, 0) is 11.8 Å². The molecule has 1 heterocycles. The minimum absolute atomic E-state index is 0.196. The van der Waals surface area contributed by atoms with Gasteiger partial charge in [-0.05, 0) is 41.7 Å². The van der Waals surface area contributed by atoms with Crippen molar-refractivity contribution in [2.24, 2.45) is 12.1 Å². The van der Waals surface area contributed by atoms with Crippen LogP contribution < -0.4 is 5.43 Å². The number of hydrogen-bond donors (Lipinski definition) is 1. The molecule has 2 aromatic carbocycles. The Morgan fingerprint density at radius 2 is 1.97 bits per heavy atom. The van der Waals surface area contributed by atoms with Crippen LogP contribution in [-0.4, -0.2) is 32.6 Å². The molecule has 0 aliphatic carbocycles. The zero-order valence-corrected chi connectivity index (χ0v) is 20.9. The van der Waals surface area contributed by atoms with Crippen LogP contribution in [0.15, 0.2) is 68.8 Å². The van der Waals surface area contributed by atoms with E-state index in [-0.39, 0.29) is 11.7 Å². The van der Waals surface area contributed by atoms with Gasteiger partial charge < -0.3 is 4.57 Å². The third-order valence-corrected chi connectivity index (χ3v) is 6.22. The summed E-state index contributed by atoms with van der Waals surface area (Å²) in [5.41, 5.74) is 6.88. The van der Waals surface area contributed by atoms with Crippen LogP contribution in [0.2, 0.25) is 0 Å². The lowest BCUT2D eigenvalue weighted by molar-refractivity contribution is -0.118. The molecular weight excluding hydrogens is 486 g/mol. The lowest BCUT2D eigenvalue weighted by Crippen LogP contribution is -2.19. The highest BCUT2D eigenvalue weighted by Crippen LogP contribution is 2.24. The predicted octanol–water partition coefficient (Wildman–Crippen LogP) is 5.67. The van der Waals surface area contributed by atoms with Crippen LogP contribution in [0.1, 0.15) is 37.8 Å². The van der Waals surface area contributed by atoms with E-state index < -0.39 is 0 Å². The fraction of sp³-hybridized carbons (Fsp3) is 0.250. The number of hydrogen-bond acceptors (Lipinski definition) is 5. The van der Waals surface area contributed by atoms with E-state index in [4.69, 9.17) is 0 Å². The summed E-state index contributed by atoms with van der Waals surface area (Å²) < 4.78 is 2.85. The summed E-state index contributed by atoms with van der Waals surface area (Å²) in [6, 6.07) is 16.3. The highest BCUT2D eigenvalue weighted by molar-refractivity contribution is 9.10. The number of benzene rings is 2. The molecule has 8 heteroatoms. The second-order valence-electron chi connectivity index (χ2n) is 7.67. The number of allylic oxidation sites excluding steroid dienone is 1. The molecule has 3 rings (SSSR count). The largest absolute Gasteiger partial charge is 0.305 e. The maximum atomic E-state index is 12.2. The van der Waals surface area contributed by atoms with Gasteiger partial charge in [0.1, 0.15) is 0 Å². The first-order valence-corrected chi connectivity index (χ1v) is 12.0. The molecule has 0 aliphatic rings. The SMILES string of the molecule is CC(/C=N/NC(=O)CSc1nnc(-c2cccc(Br)c2)n1C)=C\c1ccc(C(C)C)cc1. The quantitative estimate of drug-likeness (QED) is 0.240. The van der Waals surface area contributed by atoms with Gasteiger partial charge in [0.25, 0.3) is 5.91 Å². The van der Waals surface area contributed by atoms with Crippen molar-refractivity contribution in [1.82, 2.24) is 20.2 Å². The van der Waals surface area contributed by atoms with Crippen molar-refractivity contribution in [2.75, 3.05) is 5.75 Å². The van der Waals surface area contributed by atoms with Crippen LogP contribution in [0.5, 0.6) is 0 Å². The summed E-state index contributed by atoms with van der Waals surface area (Å²) in [6.07, 6.45) is 3.67. The van der Waals surface area contributed by atoms with Crippen molar-refractivity contribution in [3.05, 3.63) is 69.7 Å². The molecule has 0 unspecified atom stereocenters. The van der Waals surface area contributed by atoms with E-state index in [1.165, 1.54) is 17.3 Å². The molecule has 0 atom stereocenters. The van der Waals surface area contributed by atoms with Crippen molar-refractivity contribution < 1.29 is 4.79 Å². The highest BCUT2D eigenvalue weighted by atomic mass is 79.9. The number of aromatic nitrogens is 3. The third kappa shape index (κ3) is 6.64.